The third-order valence-corrected chi connectivity index (χ3v) is 4.52. The number of ether oxygens (including phenoxy) is 1. The van der Waals surface area contributed by atoms with Gasteiger partial charge in [-0.15, -0.1) is 0 Å². The van der Waals surface area contributed by atoms with Gasteiger partial charge in [-0.3, -0.25) is 4.57 Å². The number of aliphatic hydroxyl groups is 1. The highest BCUT2D eigenvalue weighted by molar-refractivity contribution is 5.87. The van der Waals surface area contributed by atoms with Crippen molar-refractivity contribution in [1.29, 1.82) is 0 Å². The summed E-state index contributed by atoms with van der Waals surface area (Å²) < 4.78 is 46.2. The Bertz CT molecular complexity index is 1250. The molecule has 11 heteroatoms. The third-order valence-electron chi connectivity index (χ3n) is 4.52. The first-order valence-corrected chi connectivity index (χ1v) is 8.45. The summed E-state index contributed by atoms with van der Waals surface area (Å²) in [7, 11) is 1.53. The van der Waals surface area contributed by atoms with Crippen LogP contribution >= 0.6 is 0 Å². The Morgan fingerprint density at radius 1 is 1.28 bits per heavy atom. The lowest BCUT2D eigenvalue weighted by Crippen LogP contribution is -2.30. The molecule has 1 unspecified atom stereocenters. The number of hydrogen-bond acceptors (Lipinski definition) is 5. The second-order valence-corrected chi connectivity index (χ2v) is 6.35. The van der Waals surface area contributed by atoms with Crippen LogP contribution in [0.1, 0.15) is 17.2 Å². The minimum atomic E-state index is -4.84. The summed E-state index contributed by atoms with van der Waals surface area (Å²) in [4.78, 5) is 19.6. The first-order valence-electron chi connectivity index (χ1n) is 8.45. The molecule has 0 radical (unpaired) electrons. The van der Waals surface area contributed by atoms with Crippen molar-refractivity contribution in [2.45, 2.75) is 18.8 Å². The molecule has 0 saturated carbocycles. The van der Waals surface area contributed by atoms with E-state index in [0.29, 0.717) is 5.75 Å². The van der Waals surface area contributed by atoms with Crippen molar-refractivity contribution in [3.05, 3.63) is 64.5 Å². The van der Waals surface area contributed by atoms with Crippen LogP contribution in [0, 0.1) is 0 Å². The maximum atomic E-state index is 12.9. The number of aromatic amines is 1. The van der Waals surface area contributed by atoms with E-state index in [-0.39, 0.29) is 23.2 Å². The van der Waals surface area contributed by atoms with E-state index in [1.807, 2.05) is 0 Å². The fourth-order valence-electron chi connectivity index (χ4n) is 3.07. The molecular weight excluding hydrogens is 391 g/mol. The van der Waals surface area contributed by atoms with Crippen LogP contribution in [0.25, 0.3) is 16.7 Å². The number of nitrogens with zero attached hydrogens (tertiary/aromatic N) is 4. The van der Waals surface area contributed by atoms with Crippen molar-refractivity contribution < 1.29 is 28.0 Å². The molecule has 1 aromatic carbocycles. The van der Waals surface area contributed by atoms with Crippen molar-refractivity contribution >= 4 is 16.7 Å². The van der Waals surface area contributed by atoms with Crippen molar-refractivity contribution in [2.75, 3.05) is 7.11 Å². The molecule has 4 aromatic rings. The zero-order chi connectivity index (χ0) is 20.8. The quantitative estimate of drug-likeness (QED) is 0.554. The molecular formula is C18H15F3N5O3+. The van der Waals surface area contributed by atoms with Crippen molar-refractivity contribution in [1.82, 2.24) is 19.2 Å². The summed E-state index contributed by atoms with van der Waals surface area (Å²) in [5.41, 5.74) is 0.149. The molecule has 0 saturated heterocycles. The SMILES string of the molecule is COc1ccc(Cn2c(=O)n3nc[nH+]c3c3cc(C(O)C(F)(F)F)cnc32)cc1. The number of nitrogens with one attached hydrogen (secondary N) is 1. The van der Waals surface area contributed by atoms with Gasteiger partial charge in [0.05, 0.1) is 19.0 Å². The topological polar surface area (TPSA) is 95.8 Å². The normalized spacial score (nSPS) is 13.1. The zero-order valence-corrected chi connectivity index (χ0v) is 15.0. The van der Waals surface area contributed by atoms with E-state index in [0.717, 1.165) is 22.3 Å². The van der Waals surface area contributed by atoms with Crippen LogP contribution in [0.3, 0.4) is 0 Å². The first-order chi connectivity index (χ1) is 13.8. The van der Waals surface area contributed by atoms with E-state index < -0.39 is 23.5 Å². The van der Waals surface area contributed by atoms with Crippen LogP contribution in [-0.4, -0.2) is 37.6 Å². The fourth-order valence-corrected chi connectivity index (χ4v) is 3.07. The number of hydrogen-bond donors (Lipinski definition) is 1. The molecule has 150 valence electrons. The molecule has 29 heavy (non-hydrogen) atoms. The number of methoxy groups -OCH3 is 1. The molecule has 3 heterocycles. The highest BCUT2D eigenvalue weighted by Crippen LogP contribution is 2.33. The Hall–Kier alpha value is -3.47. The molecule has 0 bridgehead atoms. The predicted molar refractivity (Wildman–Crippen MR) is 94.4 cm³/mol. The van der Waals surface area contributed by atoms with Gasteiger partial charge in [0.25, 0.3) is 12.0 Å². The van der Waals surface area contributed by atoms with Crippen LogP contribution in [0.5, 0.6) is 5.75 Å². The van der Waals surface area contributed by atoms with Gasteiger partial charge in [-0.2, -0.15) is 13.2 Å². The van der Waals surface area contributed by atoms with E-state index in [9.17, 15) is 23.1 Å². The average molecular weight is 406 g/mol. The van der Waals surface area contributed by atoms with Gasteiger partial charge in [-0.1, -0.05) is 12.1 Å². The molecule has 2 N–H and O–H groups in total. The largest absolute Gasteiger partial charge is 0.497 e. The van der Waals surface area contributed by atoms with E-state index in [1.54, 1.807) is 24.3 Å². The van der Waals surface area contributed by atoms with Gasteiger partial charge >= 0.3 is 11.9 Å². The van der Waals surface area contributed by atoms with E-state index in [2.05, 4.69) is 15.1 Å². The minimum absolute atomic E-state index is 0.114. The van der Waals surface area contributed by atoms with Gasteiger partial charge < -0.3 is 9.84 Å². The van der Waals surface area contributed by atoms with Gasteiger partial charge in [0, 0.05) is 16.9 Å². The molecule has 3 aromatic heterocycles. The number of fused-ring (bicyclic) bond motifs is 3. The summed E-state index contributed by atoms with van der Waals surface area (Å²) in [6, 6.07) is 8.14. The van der Waals surface area contributed by atoms with Gasteiger partial charge in [0.15, 0.2) is 11.8 Å². The number of rotatable bonds is 4. The number of benzene rings is 1. The monoisotopic (exact) mass is 406 g/mol. The average Bonchev–Trinajstić information content (AvgIpc) is 3.20. The minimum Gasteiger partial charge on any atom is -0.497 e. The van der Waals surface area contributed by atoms with Crippen LogP contribution in [0.4, 0.5) is 13.2 Å². The zero-order valence-electron chi connectivity index (χ0n) is 15.0. The Labute approximate surface area is 160 Å². The Morgan fingerprint density at radius 3 is 2.66 bits per heavy atom. The van der Waals surface area contributed by atoms with Gasteiger partial charge in [-0.05, 0) is 28.3 Å². The highest BCUT2D eigenvalue weighted by Gasteiger charge is 2.40. The second-order valence-electron chi connectivity index (χ2n) is 6.35. The summed E-state index contributed by atoms with van der Waals surface area (Å²) >= 11 is 0. The number of alkyl halides is 3. The number of aliphatic hydroxyl groups excluding tert-OH is 1. The number of pyridine rings is 1. The van der Waals surface area contributed by atoms with Crippen molar-refractivity contribution in [3.63, 3.8) is 0 Å². The lowest BCUT2D eigenvalue weighted by atomic mass is 10.1. The molecule has 0 amide bonds. The standard InChI is InChI=1S/C18H14F3N5O3/c1-29-12-4-2-10(3-5-12)8-25-15-13(16-23-9-24-26(16)17(25)28)6-11(7-22-15)14(27)18(19,20)21/h2-7,9,14,27H,8H2,1H3/p+1. The molecule has 0 aliphatic rings. The van der Waals surface area contributed by atoms with Crippen LogP contribution in [-0.2, 0) is 6.54 Å². The van der Waals surface area contributed by atoms with E-state index in [1.165, 1.54) is 18.0 Å². The van der Waals surface area contributed by atoms with Crippen molar-refractivity contribution in [2.24, 2.45) is 0 Å². The van der Waals surface area contributed by atoms with E-state index in [4.69, 9.17) is 4.74 Å². The number of halogens is 3. The summed E-state index contributed by atoms with van der Waals surface area (Å²) in [5, 5.41) is 13.7. The summed E-state index contributed by atoms with van der Waals surface area (Å²) in [6.07, 6.45) is -5.37. The predicted octanol–water partition coefficient (Wildman–Crippen LogP) is 1.51. The Balaban J connectivity index is 1.91. The molecule has 8 nitrogen and oxygen atoms in total. The lowest BCUT2D eigenvalue weighted by Gasteiger charge is -2.15. The second kappa shape index (κ2) is 6.85. The highest BCUT2D eigenvalue weighted by atomic mass is 19.4. The third kappa shape index (κ3) is 3.29. The maximum absolute atomic E-state index is 12.9. The molecule has 0 spiro atoms. The number of H-pyrrole nitrogens is 1. The van der Waals surface area contributed by atoms with Gasteiger partial charge in [-0.25, -0.2) is 14.8 Å². The van der Waals surface area contributed by atoms with Crippen LogP contribution in [0.15, 0.2) is 47.7 Å². The van der Waals surface area contributed by atoms with Gasteiger partial charge in [0.1, 0.15) is 5.75 Å². The Kier molecular flexibility index (Phi) is 4.46. The van der Waals surface area contributed by atoms with Gasteiger partial charge in [0.2, 0.25) is 0 Å². The first kappa shape index (κ1) is 18.9. The molecule has 0 aliphatic carbocycles. The number of aromatic nitrogens is 5. The molecule has 0 aliphatic heterocycles. The lowest BCUT2D eigenvalue weighted by molar-refractivity contribution is -0.345. The van der Waals surface area contributed by atoms with Crippen molar-refractivity contribution in [3.8, 4) is 5.75 Å². The smallest absolute Gasteiger partial charge is 0.425 e. The summed E-state index contributed by atoms with van der Waals surface area (Å²) in [6.45, 7) is 0.114. The van der Waals surface area contributed by atoms with Crippen LogP contribution < -0.4 is 15.4 Å². The maximum Gasteiger partial charge on any atom is 0.425 e. The molecule has 1 atom stereocenters. The van der Waals surface area contributed by atoms with E-state index >= 15 is 0 Å². The van der Waals surface area contributed by atoms with Crippen LogP contribution in [0.2, 0.25) is 0 Å². The molecule has 4 rings (SSSR count). The summed E-state index contributed by atoms with van der Waals surface area (Å²) in [5.74, 6) is 0.645. The fraction of sp³-hybridized carbons (Fsp3) is 0.222. The Morgan fingerprint density at radius 2 is 2.00 bits per heavy atom. The molecule has 0 fully saturated rings.